The summed E-state index contributed by atoms with van der Waals surface area (Å²) in [6.07, 6.45) is 1.16. The van der Waals surface area contributed by atoms with Crippen LogP contribution < -0.4 is 11.5 Å². The molecule has 5 heteroatoms. The Hall–Kier alpha value is -1.72. The summed E-state index contributed by atoms with van der Waals surface area (Å²) in [5.41, 5.74) is 12.1. The van der Waals surface area contributed by atoms with Crippen molar-refractivity contribution < 1.29 is 14.3 Å². The van der Waals surface area contributed by atoms with Crippen molar-refractivity contribution in [3.8, 4) is 0 Å². The van der Waals surface area contributed by atoms with Crippen LogP contribution in [-0.4, -0.2) is 24.3 Å². The van der Waals surface area contributed by atoms with Crippen molar-refractivity contribution in [3.63, 3.8) is 0 Å². The first-order valence-electron chi connectivity index (χ1n) is 6.73. The maximum Gasteiger partial charge on any atom is 0.323 e. The smallest absolute Gasteiger partial charge is 0.323 e. The summed E-state index contributed by atoms with van der Waals surface area (Å²) < 4.78 is 5.15. The number of hydrogen-bond acceptors (Lipinski definition) is 5. The molecule has 0 amide bonds. The number of ether oxygens (including phenoxy) is 1. The van der Waals surface area contributed by atoms with Gasteiger partial charge in [-0.2, -0.15) is 0 Å². The number of carbonyl (C=O) groups is 2. The van der Waals surface area contributed by atoms with Crippen molar-refractivity contribution in [2.45, 2.75) is 32.4 Å². The number of nitrogens with two attached hydrogens (primary N) is 2. The van der Waals surface area contributed by atoms with E-state index in [-0.39, 0.29) is 12.4 Å². The Morgan fingerprint density at radius 1 is 1.25 bits per heavy atom. The highest BCUT2D eigenvalue weighted by atomic mass is 16.5. The number of esters is 1. The molecule has 0 heterocycles. The molecule has 0 aliphatic carbocycles. The summed E-state index contributed by atoms with van der Waals surface area (Å²) in [6, 6.07) is 8.40. The third-order valence-electron chi connectivity index (χ3n) is 3.17. The highest BCUT2D eigenvalue weighted by Gasteiger charge is 2.29. The maximum absolute atomic E-state index is 11.9. The molecule has 0 radical (unpaired) electrons. The Kier molecular flexibility index (Phi) is 6.90. The summed E-state index contributed by atoms with van der Waals surface area (Å²) in [7, 11) is 0. The zero-order valence-corrected chi connectivity index (χ0v) is 11.7. The lowest BCUT2D eigenvalue weighted by Crippen LogP contribution is -2.42. The Morgan fingerprint density at radius 3 is 2.45 bits per heavy atom. The molecule has 0 fully saturated rings. The van der Waals surface area contributed by atoms with E-state index in [4.69, 9.17) is 16.2 Å². The second-order valence-corrected chi connectivity index (χ2v) is 4.77. The van der Waals surface area contributed by atoms with Gasteiger partial charge in [0.1, 0.15) is 18.4 Å². The number of hydrogen-bond donors (Lipinski definition) is 2. The van der Waals surface area contributed by atoms with Gasteiger partial charge in [0.15, 0.2) is 0 Å². The van der Waals surface area contributed by atoms with Crippen molar-refractivity contribution in [2.24, 2.45) is 17.4 Å². The molecular formula is C15H22N2O3. The number of carbonyl (C=O) groups excluding carboxylic acids is 2. The summed E-state index contributed by atoms with van der Waals surface area (Å²) >= 11 is 0. The van der Waals surface area contributed by atoms with E-state index in [0.29, 0.717) is 19.4 Å². The second-order valence-electron chi connectivity index (χ2n) is 4.77. The lowest BCUT2D eigenvalue weighted by molar-refractivity contribution is -0.149. The molecule has 2 atom stereocenters. The molecule has 4 N–H and O–H groups in total. The van der Waals surface area contributed by atoms with E-state index in [1.807, 2.05) is 30.3 Å². The normalized spacial score (nSPS) is 13.6. The molecule has 1 unspecified atom stereocenters. The predicted octanol–water partition coefficient (Wildman–Crippen LogP) is 1.00. The maximum atomic E-state index is 11.9. The molecule has 0 saturated carbocycles. The molecule has 1 aromatic rings. The van der Waals surface area contributed by atoms with E-state index in [1.165, 1.54) is 6.92 Å². The van der Waals surface area contributed by atoms with Gasteiger partial charge >= 0.3 is 5.97 Å². The summed E-state index contributed by atoms with van der Waals surface area (Å²) in [5, 5.41) is 0. The quantitative estimate of drug-likeness (QED) is 0.692. The minimum absolute atomic E-state index is 0.109. The highest BCUT2D eigenvalue weighted by molar-refractivity contribution is 5.87. The van der Waals surface area contributed by atoms with Gasteiger partial charge in [-0.15, -0.1) is 0 Å². The van der Waals surface area contributed by atoms with E-state index in [9.17, 15) is 9.59 Å². The predicted molar refractivity (Wildman–Crippen MR) is 76.7 cm³/mol. The zero-order chi connectivity index (χ0) is 15.0. The third-order valence-corrected chi connectivity index (χ3v) is 3.17. The van der Waals surface area contributed by atoms with Crippen LogP contribution in [0.25, 0.3) is 0 Å². The first-order chi connectivity index (χ1) is 9.56. The SMILES string of the molecule is CC(=O)C(CCCN)[C@H](N)C(=O)OCc1ccccc1. The van der Waals surface area contributed by atoms with Crippen LogP contribution in [0.15, 0.2) is 30.3 Å². The fraction of sp³-hybridized carbons (Fsp3) is 0.467. The molecule has 0 bridgehead atoms. The van der Waals surface area contributed by atoms with Crippen LogP contribution in [0.1, 0.15) is 25.3 Å². The first kappa shape index (κ1) is 16.3. The van der Waals surface area contributed by atoms with Gasteiger partial charge in [-0.1, -0.05) is 30.3 Å². The number of Topliss-reactive ketones (excluding diaryl/α,β-unsaturated/α-hetero) is 1. The van der Waals surface area contributed by atoms with Crippen molar-refractivity contribution in [1.82, 2.24) is 0 Å². The molecule has 0 aliphatic rings. The molecule has 20 heavy (non-hydrogen) atoms. The lowest BCUT2D eigenvalue weighted by atomic mass is 9.91. The first-order valence-corrected chi connectivity index (χ1v) is 6.73. The van der Waals surface area contributed by atoms with Gasteiger partial charge < -0.3 is 16.2 Å². The molecule has 0 spiro atoms. The molecule has 0 saturated heterocycles. The third kappa shape index (κ3) is 5.11. The standard InChI is InChI=1S/C15H22N2O3/c1-11(18)13(8-5-9-16)14(17)15(19)20-10-12-6-3-2-4-7-12/h2-4,6-7,13-14H,5,8-10,16-17H2,1H3/t13?,14-/m0/s1. The Morgan fingerprint density at radius 2 is 1.90 bits per heavy atom. The monoisotopic (exact) mass is 278 g/mol. The summed E-state index contributed by atoms with van der Waals surface area (Å²) in [4.78, 5) is 23.4. The molecule has 5 nitrogen and oxygen atoms in total. The van der Waals surface area contributed by atoms with Gasteiger partial charge in [-0.05, 0) is 31.9 Å². The van der Waals surface area contributed by atoms with Crippen LogP contribution in [0.2, 0.25) is 0 Å². The fourth-order valence-electron chi connectivity index (χ4n) is 1.96. The topological polar surface area (TPSA) is 95.4 Å². The van der Waals surface area contributed by atoms with Crippen molar-refractivity contribution in [3.05, 3.63) is 35.9 Å². The second kappa shape index (κ2) is 8.45. The average molecular weight is 278 g/mol. The number of rotatable bonds is 8. The van der Waals surface area contributed by atoms with Crippen molar-refractivity contribution >= 4 is 11.8 Å². The van der Waals surface area contributed by atoms with Gasteiger partial charge in [0, 0.05) is 5.92 Å². The van der Waals surface area contributed by atoms with Gasteiger partial charge in [-0.25, -0.2) is 0 Å². The van der Waals surface area contributed by atoms with Gasteiger partial charge in [0.2, 0.25) is 0 Å². The van der Waals surface area contributed by atoms with Gasteiger partial charge in [-0.3, -0.25) is 9.59 Å². The summed E-state index contributed by atoms with van der Waals surface area (Å²) in [5.74, 6) is -1.18. The lowest BCUT2D eigenvalue weighted by Gasteiger charge is -2.20. The number of benzene rings is 1. The van der Waals surface area contributed by atoms with Crippen LogP contribution in [-0.2, 0) is 20.9 Å². The average Bonchev–Trinajstić information content (AvgIpc) is 2.45. The van der Waals surface area contributed by atoms with E-state index < -0.39 is 17.9 Å². The molecular weight excluding hydrogens is 256 g/mol. The minimum Gasteiger partial charge on any atom is -0.460 e. The van der Waals surface area contributed by atoms with Crippen LogP contribution in [0.3, 0.4) is 0 Å². The van der Waals surface area contributed by atoms with E-state index >= 15 is 0 Å². The number of ketones is 1. The molecule has 1 rings (SSSR count). The van der Waals surface area contributed by atoms with Crippen LogP contribution >= 0.6 is 0 Å². The Labute approximate surface area is 119 Å². The highest BCUT2D eigenvalue weighted by Crippen LogP contribution is 2.13. The van der Waals surface area contributed by atoms with Gasteiger partial charge in [0.05, 0.1) is 0 Å². The minimum atomic E-state index is -0.928. The Balaban J connectivity index is 2.53. The fourth-order valence-corrected chi connectivity index (χ4v) is 1.96. The molecule has 0 aliphatic heterocycles. The Bertz CT molecular complexity index is 434. The molecule has 110 valence electrons. The summed E-state index contributed by atoms with van der Waals surface area (Å²) in [6.45, 7) is 2.07. The largest absolute Gasteiger partial charge is 0.460 e. The molecule has 0 aromatic heterocycles. The van der Waals surface area contributed by atoms with Crippen LogP contribution in [0.5, 0.6) is 0 Å². The van der Waals surface area contributed by atoms with E-state index in [2.05, 4.69) is 0 Å². The van der Waals surface area contributed by atoms with Crippen LogP contribution in [0, 0.1) is 5.92 Å². The van der Waals surface area contributed by atoms with Crippen LogP contribution in [0.4, 0.5) is 0 Å². The molecule has 1 aromatic carbocycles. The van der Waals surface area contributed by atoms with Crippen molar-refractivity contribution in [1.29, 1.82) is 0 Å². The zero-order valence-electron chi connectivity index (χ0n) is 11.7. The van der Waals surface area contributed by atoms with Gasteiger partial charge in [0.25, 0.3) is 0 Å². The van der Waals surface area contributed by atoms with E-state index in [0.717, 1.165) is 5.56 Å². The van der Waals surface area contributed by atoms with E-state index in [1.54, 1.807) is 0 Å². The van der Waals surface area contributed by atoms with Crippen molar-refractivity contribution in [2.75, 3.05) is 6.54 Å².